The third-order valence-electron chi connectivity index (χ3n) is 3.68. The largest absolute Gasteiger partial charge is 0.347 e. The predicted octanol–water partition coefficient (Wildman–Crippen LogP) is 1.83. The van der Waals surface area contributed by atoms with Gasteiger partial charge < -0.3 is 10.2 Å². The van der Waals surface area contributed by atoms with Crippen LogP contribution in [0.5, 0.6) is 0 Å². The van der Waals surface area contributed by atoms with E-state index >= 15 is 0 Å². The third kappa shape index (κ3) is 5.04. The second kappa shape index (κ2) is 8.17. The number of para-hydroxylation sites is 1. The lowest BCUT2D eigenvalue weighted by Gasteiger charge is -2.18. The topological polar surface area (TPSA) is 95.6 Å². The molecule has 0 aliphatic carbocycles. The first-order valence-electron chi connectivity index (χ1n) is 8.01. The lowest BCUT2D eigenvalue weighted by Crippen LogP contribution is -2.44. The van der Waals surface area contributed by atoms with E-state index < -0.39 is 27.8 Å². The number of benzene rings is 2. The van der Waals surface area contributed by atoms with Gasteiger partial charge >= 0.3 is 0 Å². The second-order valence-electron chi connectivity index (χ2n) is 6.04. The van der Waals surface area contributed by atoms with E-state index in [1.54, 1.807) is 14.1 Å². The van der Waals surface area contributed by atoms with Crippen molar-refractivity contribution in [1.29, 1.82) is 0 Å². The molecule has 0 saturated heterocycles. The molecule has 0 saturated carbocycles. The summed E-state index contributed by atoms with van der Waals surface area (Å²) in [6.45, 7) is 1.53. The lowest BCUT2D eigenvalue weighted by atomic mass is 10.2. The molecule has 0 heterocycles. The number of likely N-dealkylation sites (N-methyl/N-ethyl adjacent to an activating group) is 1. The number of hydrogen-bond donors (Lipinski definition) is 2. The predicted molar refractivity (Wildman–Crippen MR) is 99.3 cm³/mol. The molecule has 0 radical (unpaired) electrons. The molecule has 2 rings (SSSR count). The van der Waals surface area contributed by atoms with Crippen molar-refractivity contribution >= 4 is 27.5 Å². The van der Waals surface area contributed by atoms with Gasteiger partial charge in [-0.15, -0.1) is 0 Å². The molecule has 9 heteroatoms. The Labute approximate surface area is 157 Å². The van der Waals surface area contributed by atoms with Gasteiger partial charge in [0.25, 0.3) is 15.9 Å². The summed E-state index contributed by atoms with van der Waals surface area (Å²) >= 11 is 0. The average Bonchev–Trinajstić information content (AvgIpc) is 2.62. The monoisotopic (exact) mass is 393 g/mol. The molecule has 0 fully saturated rings. The van der Waals surface area contributed by atoms with Crippen LogP contribution in [-0.4, -0.2) is 45.3 Å². The molecule has 144 valence electrons. The maximum atomic E-state index is 13.7. The highest BCUT2D eigenvalue weighted by Crippen LogP contribution is 2.19. The minimum atomic E-state index is -4.10. The van der Waals surface area contributed by atoms with E-state index in [1.807, 2.05) is 0 Å². The smallest absolute Gasteiger partial charge is 0.262 e. The van der Waals surface area contributed by atoms with E-state index in [0.29, 0.717) is 0 Å². The number of halogens is 1. The summed E-state index contributed by atoms with van der Waals surface area (Å²) in [5.41, 5.74) is -0.137. The van der Waals surface area contributed by atoms with Crippen molar-refractivity contribution in [3.63, 3.8) is 0 Å². The van der Waals surface area contributed by atoms with Crippen molar-refractivity contribution in [2.75, 3.05) is 18.8 Å². The Morgan fingerprint density at radius 3 is 2.37 bits per heavy atom. The Balaban J connectivity index is 2.22. The van der Waals surface area contributed by atoms with Gasteiger partial charge in [0.05, 0.1) is 10.6 Å². The van der Waals surface area contributed by atoms with Crippen LogP contribution in [-0.2, 0) is 14.8 Å². The van der Waals surface area contributed by atoms with Crippen LogP contribution in [0.25, 0.3) is 0 Å². The quantitative estimate of drug-likeness (QED) is 0.783. The fraction of sp³-hybridized carbons (Fsp3) is 0.222. The first-order valence-corrected chi connectivity index (χ1v) is 9.49. The van der Waals surface area contributed by atoms with Crippen molar-refractivity contribution < 1.29 is 22.4 Å². The first-order chi connectivity index (χ1) is 12.6. The van der Waals surface area contributed by atoms with Gasteiger partial charge in [0, 0.05) is 19.7 Å². The van der Waals surface area contributed by atoms with Crippen LogP contribution in [0.15, 0.2) is 53.4 Å². The molecule has 0 bridgehead atoms. The Kier molecular flexibility index (Phi) is 6.17. The summed E-state index contributed by atoms with van der Waals surface area (Å²) in [5, 5.41) is 2.51. The number of rotatable bonds is 6. The number of carbonyl (C=O) groups excluding carboxylic acids is 2. The van der Waals surface area contributed by atoms with Crippen LogP contribution < -0.4 is 10.0 Å². The summed E-state index contributed by atoms with van der Waals surface area (Å²) in [6, 6.07) is 9.84. The molecular formula is C18H20FN3O4S. The highest BCUT2D eigenvalue weighted by atomic mass is 32.2. The van der Waals surface area contributed by atoms with Gasteiger partial charge in [-0.3, -0.25) is 14.3 Å². The normalized spacial score (nSPS) is 12.1. The third-order valence-corrected chi connectivity index (χ3v) is 5.05. The number of hydrogen-bond acceptors (Lipinski definition) is 4. The Morgan fingerprint density at radius 1 is 1.07 bits per heavy atom. The van der Waals surface area contributed by atoms with Gasteiger partial charge in [0.1, 0.15) is 11.9 Å². The van der Waals surface area contributed by atoms with E-state index in [4.69, 9.17) is 0 Å². The van der Waals surface area contributed by atoms with E-state index in [0.717, 1.165) is 12.1 Å². The van der Waals surface area contributed by atoms with Gasteiger partial charge in [-0.25, -0.2) is 12.8 Å². The van der Waals surface area contributed by atoms with Gasteiger partial charge in [0.15, 0.2) is 0 Å². The number of nitrogens with zero attached hydrogens (tertiary/aromatic N) is 1. The summed E-state index contributed by atoms with van der Waals surface area (Å²) in [6.07, 6.45) is 0. The number of carbonyl (C=O) groups is 2. The van der Waals surface area contributed by atoms with Crippen LogP contribution in [0.4, 0.5) is 10.1 Å². The molecule has 0 aliphatic heterocycles. The van der Waals surface area contributed by atoms with Gasteiger partial charge in [-0.05, 0) is 37.3 Å². The van der Waals surface area contributed by atoms with Crippen molar-refractivity contribution in [2.45, 2.75) is 17.9 Å². The molecular weight excluding hydrogens is 373 g/mol. The van der Waals surface area contributed by atoms with E-state index in [9.17, 15) is 22.4 Å². The van der Waals surface area contributed by atoms with E-state index in [-0.39, 0.29) is 22.1 Å². The first kappa shape index (κ1) is 20.4. The average molecular weight is 393 g/mol. The fourth-order valence-corrected chi connectivity index (χ4v) is 3.39. The summed E-state index contributed by atoms with van der Waals surface area (Å²) in [7, 11) is -0.971. The molecule has 0 aromatic heterocycles. The number of sulfonamides is 1. The molecule has 0 spiro atoms. The Hall–Kier alpha value is -2.94. The fourth-order valence-electron chi connectivity index (χ4n) is 2.28. The molecule has 2 aromatic rings. The van der Waals surface area contributed by atoms with Crippen LogP contribution in [0.3, 0.4) is 0 Å². The van der Waals surface area contributed by atoms with Crippen molar-refractivity contribution in [2.24, 2.45) is 0 Å². The van der Waals surface area contributed by atoms with Crippen molar-refractivity contribution in [3.8, 4) is 0 Å². The van der Waals surface area contributed by atoms with E-state index in [1.165, 1.54) is 48.2 Å². The zero-order valence-electron chi connectivity index (χ0n) is 15.1. The van der Waals surface area contributed by atoms with Crippen LogP contribution in [0.1, 0.15) is 17.3 Å². The van der Waals surface area contributed by atoms with E-state index in [2.05, 4.69) is 10.0 Å². The zero-order valence-corrected chi connectivity index (χ0v) is 15.9. The molecule has 1 atom stereocenters. The number of amides is 2. The molecule has 7 nitrogen and oxygen atoms in total. The number of nitrogens with one attached hydrogen (secondary N) is 2. The summed E-state index contributed by atoms with van der Waals surface area (Å²) in [5.74, 6) is -1.61. The zero-order chi connectivity index (χ0) is 20.2. The molecule has 27 heavy (non-hydrogen) atoms. The number of anilines is 1. The lowest BCUT2D eigenvalue weighted by molar-refractivity contribution is -0.130. The van der Waals surface area contributed by atoms with Gasteiger partial charge in [-0.1, -0.05) is 18.2 Å². The van der Waals surface area contributed by atoms with Crippen LogP contribution in [0.2, 0.25) is 0 Å². The molecule has 1 unspecified atom stereocenters. The van der Waals surface area contributed by atoms with Gasteiger partial charge in [0.2, 0.25) is 5.91 Å². The molecule has 0 aliphatic rings. The minimum Gasteiger partial charge on any atom is -0.347 e. The molecule has 2 N–H and O–H groups in total. The Bertz CT molecular complexity index is 961. The Morgan fingerprint density at radius 2 is 1.74 bits per heavy atom. The summed E-state index contributed by atoms with van der Waals surface area (Å²) in [4.78, 5) is 25.3. The van der Waals surface area contributed by atoms with Crippen LogP contribution in [0, 0.1) is 5.82 Å². The van der Waals surface area contributed by atoms with Crippen LogP contribution >= 0.6 is 0 Å². The summed E-state index contributed by atoms with van der Waals surface area (Å²) < 4.78 is 40.8. The SMILES string of the molecule is CC(NC(=O)c1cccc(S(=O)(=O)Nc2ccccc2F)c1)C(=O)N(C)C. The minimum absolute atomic E-state index is 0.0600. The van der Waals surface area contributed by atoms with Gasteiger partial charge in [-0.2, -0.15) is 0 Å². The second-order valence-corrected chi connectivity index (χ2v) is 7.72. The molecule has 2 aromatic carbocycles. The van der Waals surface area contributed by atoms with Crippen molar-refractivity contribution in [1.82, 2.24) is 10.2 Å². The maximum absolute atomic E-state index is 13.7. The molecule has 2 amide bonds. The maximum Gasteiger partial charge on any atom is 0.262 e. The highest BCUT2D eigenvalue weighted by Gasteiger charge is 2.21. The highest BCUT2D eigenvalue weighted by molar-refractivity contribution is 7.92. The van der Waals surface area contributed by atoms with Crippen molar-refractivity contribution in [3.05, 3.63) is 59.9 Å². The standard InChI is InChI=1S/C18H20FN3O4S/c1-12(18(24)22(2)3)20-17(23)13-7-6-8-14(11-13)27(25,26)21-16-10-5-4-9-15(16)19/h4-12,21H,1-3H3,(H,20,23).